The lowest BCUT2D eigenvalue weighted by atomic mass is 10.3. The molecular formula is C13F12S2. The Hall–Kier alpha value is -1.70. The van der Waals surface area contributed by atoms with Crippen LogP contribution >= 0.6 is 23.5 Å². The molecule has 0 atom stereocenters. The Morgan fingerprint density at radius 2 is 0.556 bits per heavy atom. The van der Waals surface area contributed by atoms with Crippen molar-refractivity contribution in [3.05, 3.63) is 58.2 Å². The van der Waals surface area contributed by atoms with Crippen molar-refractivity contribution in [2.24, 2.45) is 0 Å². The predicted octanol–water partition coefficient (Wildman–Crippen LogP) is 6.51. The zero-order valence-electron chi connectivity index (χ0n) is 11.9. The molecule has 0 aliphatic rings. The Kier molecular flexibility index (Phi) is 5.90. The van der Waals surface area contributed by atoms with Crippen molar-refractivity contribution in [1.82, 2.24) is 0 Å². The maximum atomic E-state index is 13.8. The molecular weight excluding hydrogens is 448 g/mol. The van der Waals surface area contributed by atoms with Gasteiger partial charge in [0.05, 0.1) is 9.79 Å². The molecule has 0 bridgehead atoms. The van der Waals surface area contributed by atoms with E-state index < -0.39 is 96.1 Å². The first-order chi connectivity index (χ1) is 12.3. The van der Waals surface area contributed by atoms with E-state index in [2.05, 4.69) is 0 Å². The molecule has 0 aliphatic carbocycles. The van der Waals surface area contributed by atoms with Crippen LogP contribution in [0.25, 0.3) is 0 Å². The van der Waals surface area contributed by atoms with Crippen LogP contribution in [0, 0.1) is 58.2 Å². The molecule has 0 fully saturated rings. The van der Waals surface area contributed by atoms with Crippen molar-refractivity contribution in [3.8, 4) is 0 Å². The number of rotatable bonds is 4. The van der Waals surface area contributed by atoms with E-state index in [1.165, 1.54) is 0 Å². The number of alkyl halides is 2. The van der Waals surface area contributed by atoms with Gasteiger partial charge in [0.1, 0.15) is 0 Å². The summed E-state index contributed by atoms with van der Waals surface area (Å²) in [5, 5.41) is 0. The molecule has 0 saturated heterocycles. The fraction of sp³-hybridized carbons (Fsp3) is 0.0769. The molecule has 2 aromatic carbocycles. The van der Waals surface area contributed by atoms with E-state index in [0.29, 0.717) is 0 Å². The second-order valence-corrected chi connectivity index (χ2v) is 6.97. The molecule has 27 heavy (non-hydrogen) atoms. The zero-order valence-corrected chi connectivity index (χ0v) is 13.5. The Morgan fingerprint density at radius 3 is 0.778 bits per heavy atom. The van der Waals surface area contributed by atoms with Gasteiger partial charge in [-0.3, -0.25) is 0 Å². The van der Waals surface area contributed by atoms with E-state index in [1.54, 1.807) is 0 Å². The van der Waals surface area contributed by atoms with Crippen LogP contribution in [0.3, 0.4) is 0 Å². The van der Waals surface area contributed by atoms with Gasteiger partial charge in [-0.1, -0.05) is 0 Å². The quantitative estimate of drug-likeness (QED) is 0.172. The first kappa shape index (κ1) is 21.6. The summed E-state index contributed by atoms with van der Waals surface area (Å²) in [6.07, 6.45) is 0. The highest BCUT2D eigenvalue weighted by atomic mass is 32.2. The number of hydrogen-bond donors (Lipinski definition) is 0. The molecule has 0 spiro atoms. The van der Waals surface area contributed by atoms with Crippen molar-refractivity contribution in [2.75, 3.05) is 0 Å². The summed E-state index contributed by atoms with van der Waals surface area (Å²) < 4.78 is 154. The number of hydrogen-bond acceptors (Lipinski definition) is 2. The van der Waals surface area contributed by atoms with Crippen LogP contribution in [0.2, 0.25) is 0 Å². The van der Waals surface area contributed by atoms with E-state index in [4.69, 9.17) is 0 Å². The average Bonchev–Trinajstić information content (AvgIpc) is 2.62. The fourth-order valence-electron chi connectivity index (χ4n) is 1.61. The molecule has 2 rings (SSSR count). The Labute approximate surface area is 149 Å². The van der Waals surface area contributed by atoms with Gasteiger partial charge in [-0.15, -0.1) is 0 Å². The standard InChI is InChI=1S/C13F12S2/c14-1-3(16)7(20)11(8(21)4(1)17)26-13(24,25)27-12-9(22)5(18)2(15)6(19)10(12)23. The van der Waals surface area contributed by atoms with Crippen LogP contribution in [0.4, 0.5) is 52.7 Å². The predicted molar refractivity (Wildman–Crippen MR) is 69.1 cm³/mol. The first-order valence-electron chi connectivity index (χ1n) is 6.08. The Bertz CT molecular complexity index is 795. The van der Waals surface area contributed by atoms with E-state index in [9.17, 15) is 52.7 Å². The van der Waals surface area contributed by atoms with Gasteiger partial charge < -0.3 is 0 Å². The normalized spacial score (nSPS) is 12.0. The molecule has 0 aliphatic heterocycles. The summed E-state index contributed by atoms with van der Waals surface area (Å²) in [6.45, 7) is 0. The van der Waals surface area contributed by atoms with Crippen molar-refractivity contribution < 1.29 is 52.7 Å². The van der Waals surface area contributed by atoms with E-state index in [0.717, 1.165) is 0 Å². The minimum Gasteiger partial charge on any atom is -0.202 e. The highest BCUT2D eigenvalue weighted by molar-refractivity contribution is 8.17. The third-order valence-corrected chi connectivity index (χ3v) is 4.88. The second kappa shape index (κ2) is 7.37. The van der Waals surface area contributed by atoms with E-state index in [1.807, 2.05) is 0 Å². The van der Waals surface area contributed by atoms with Crippen LogP contribution in [0.15, 0.2) is 9.79 Å². The van der Waals surface area contributed by atoms with Gasteiger partial charge in [0.15, 0.2) is 46.5 Å². The highest BCUT2D eigenvalue weighted by Crippen LogP contribution is 2.51. The smallest absolute Gasteiger partial charge is 0.202 e. The van der Waals surface area contributed by atoms with Gasteiger partial charge in [-0.25, -0.2) is 43.9 Å². The third-order valence-electron chi connectivity index (χ3n) is 2.78. The minimum absolute atomic E-state index is 1.37. The van der Waals surface area contributed by atoms with Crippen LogP contribution in [-0.2, 0) is 0 Å². The van der Waals surface area contributed by atoms with Crippen molar-refractivity contribution in [3.63, 3.8) is 0 Å². The third kappa shape index (κ3) is 3.81. The SMILES string of the molecule is Fc1c(F)c(F)c(SC(F)(F)Sc2c(F)c(F)c(F)c(F)c2F)c(F)c1F. The molecule has 0 heterocycles. The largest absolute Gasteiger partial charge is 0.350 e. The zero-order chi connectivity index (χ0) is 20.8. The maximum absolute atomic E-state index is 13.8. The molecule has 0 saturated carbocycles. The molecule has 0 aromatic heterocycles. The van der Waals surface area contributed by atoms with Crippen molar-refractivity contribution in [1.29, 1.82) is 0 Å². The number of thioether (sulfide) groups is 2. The molecule has 0 nitrogen and oxygen atoms in total. The molecule has 0 unspecified atom stereocenters. The van der Waals surface area contributed by atoms with Gasteiger partial charge in [0.2, 0.25) is 11.6 Å². The highest BCUT2D eigenvalue weighted by Gasteiger charge is 2.41. The van der Waals surface area contributed by atoms with Gasteiger partial charge >= 0.3 is 4.59 Å². The van der Waals surface area contributed by atoms with E-state index in [-0.39, 0.29) is 0 Å². The first-order valence-corrected chi connectivity index (χ1v) is 7.72. The molecule has 2 aromatic rings. The average molecular weight is 448 g/mol. The summed E-state index contributed by atoms with van der Waals surface area (Å²) in [6, 6.07) is 0. The maximum Gasteiger partial charge on any atom is 0.350 e. The topological polar surface area (TPSA) is 0 Å². The monoisotopic (exact) mass is 448 g/mol. The summed E-state index contributed by atoms with van der Waals surface area (Å²) in [5.41, 5.74) is 0. The Balaban J connectivity index is 2.49. The summed E-state index contributed by atoms with van der Waals surface area (Å²) in [4.78, 5) is -4.24. The van der Waals surface area contributed by atoms with Crippen LogP contribution < -0.4 is 0 Å². The molecule has 0 N–H and O–H groups in total. The molecule has 0 radical (unpaired) electrons. The van der Waals surface area contributed by atoms with Crippen molar-refractivity contribution >= 4 is 23.5 Å². The van der Waals surface area contributed by atoms with Crippen molar-refractivity contribution in [2.45, 2.75) is 14.4 Å². The summed E-state index contributed by atoms with van der Waals surface area (Å²) >= 11 is -2.75. The lowest BCUT2D eigenvalue weighted by molar-refractivity contribution is 0.210. The number of halogens is 12. The van der Waals surface area contributed by atoms with Crippen LogP contribution in [0.1, 0.15) is 0 Å². The van der Waals surface area contributed by atoms with Gasteiger partial charge in [-0.05, 0) is 23.5 Å². The minimum atomic E-state index is -4.81. The van der Waals surface area contributed by atoms with Crippen LogP contribution in [-0.4, -0.2) is 4.59 Å². The lowest BCUT2D eigenvalue weighted by Gasteiger charge is -2.17. The van der Waals surface area contributed by atoms with Gasteiger partial charge in [0.25, 0.3) is 0 Å². The molecule has 0 amide bonds. The fourth-order valence-corrected chi connectivity index (χ4v) is 3.47. The Morgan fingerprint density at radius 1 is 0.370 bits per heavy atom. The summed E-state index contributed by atoms with van der Waals surface area (Å²) in [7, 11) is 0. The summed E-state index contributed by atoms with van der Waals surface area (Å²) in [5.74, 6) is -26.3. The van der Waals surface area contributed by atoms with Gasteiger partial charge in [-0.2, -0.15) is 8.78 Å². The number of benzene rings is 2. The lowest BCUT2D eigenvalue weighted by Crippen LogP contribution is -2.12. The molecule has 14 heteroatoms. The molecule has 148 valence electrons. The van der Waals surface area contributed by atoms with E-state index >= 15 is 0 Å². The van der Waals surface area contributed by atoms with Crippen LogP contribution in [0.5, 0.6) is 0 Å². The second-order valence-electron chi connectivity index (χ2n) is 4.47. The van der Waals surface area contributed by atoms with Gasteiger partial charge in [0, 0.05) is 0 Å².